The second kappa shape index (κ2) is 6.77. The van der Waals surface area contributed by atoms with E-state index < -0.39 is 5.41 Å². The Hall–Kier alpha value is -3.52. The number of ketones is 1. The highest BCUT2D eigenvalue weighted by Gasteiger charge is 2.50. The number of carbonyl (C=O) groups excluding carboxylic acids is 1. The molecule has 0 saturated heterocycles. The molecule has 30 heavy (non-hydrogen) atoms. The molecule has 0 unspecified atom stereocenters. The van der Waals surface area contributed by atoms with Crippen molar-refractivity contribution in [3.05, 3.63) is 77.9 Å². The molecule has 2 aromatic heterocycles. The van der Waals surface area contributed by atoms with E-state index in [1.54, 1.807) is 12.4 Å². The van der Waals surface area contributed by atoms with Crippen LogP contribution in [-0.4, -0.2) is 20.3 Å². The van der Waals surface area contributed by atoms with E-state index in [1.807, 2.05) is 43.3 Å². The molecule has 5 nitrogen and oxygen atoms in total. The van der Waals surface area contributed by atoms with Crippen LogP contribution in [0.1, 0.15) is 31.7 Å². The first-order valence-electron chi connectivity index (χ1n) is 10.3. The van der Waals surface area contributed by atoms with Gasteiger partial charge in [0.05, 0.1) is 11.3 Å². The molecule has 0 radical (unpaired) electrons. The Morgan fingerprint density at radius 1 is 1.17 bits per heavy atom. The predicted molar refractivity (Wildman–Crippen MR) is 114 cm³/mol. The largest absolute Gasteiger partial charge is 0.296 e. The van der Waals surface area contributed by atoms with E-state index in [9.17, 15) is 10.1 Å². The Bertz CT molecular complexity index is 1200. The molecule has 0 amide bonds. The fourth-order valence-corrected chi connectivity index (χ4v) is 5.26. The Kier molecular flexibility index (Phi) is 4.18. The van der Waals surface area contributed by atoms with Crippen LogP contribution in [-0.2, 0) is 16.6 Å². The lowest BCUT2D eigenvalue weighted by Crippen LogP contribution is -2.45. The first-order valence-corrected chi connectivity index (χ1v) is 10.3. The van der Waals surface area contributed by atoms with E-state index >= 15 is 0 Å². The van der Waals surface area contributed by atoms with Gasteiger partial charge in [0, 0.05) is 40.7 Å². The van der Waals surface area contributed by atoms with Crippen molar-refractivity contribution in [2.24, 2.45) is 11.8 Å². The average Bonchev–Trinajstić information content (AvgIpc) is 3.18. The van der Waals surface area contributed by atoms with Gasteiger partial charge in [-0.3, -0.25) is 14.3 Å². The lowest BCUT2D eigenvalue weighted by Gasteiger charge is -2.44. The molecule has 0 aliphatic heterocycles. The smallest absolute Gasteiger partial charge is 0.176 e. The molecule has 2 aliphatic carbocycles. The molecule has 2 heterocycles. The Labute approximate surface area is 175 Å². The summed E-state index contributed by atoms with van der Waals surface area (Å²) >= 11 is 0. The number of nitriles is 1. The number of allylic oxidation sites excluding steroid dienone is 2. The van der Waals surface area contributed by atoms with Gasteiger partial charge in [-0.2, -0.15) is 5.26 Å². The maximum absolute atomic E-state index is 12.7. The molecule has 0 fully saturated rings. The van der Waals surface area contributed by atoms with E-state index in [0.717, 1.165) is 41.3 Å². The number of rotatable bonds is 2. The quantitative estimate of drug-likeness (QED) is 0.645. The molecule has 5 heteroatoms. The number of hydrogen-bond donors (Lipinski definition) is 0. The third-order valence-corrected chi connectivity index (χ3v) is 6.75. The lowest BCUT2D eigenvalue weighted by atomic mass is 9.58. The zero-order valence-electron chi connectivity index (χ0n) is 17.0. The summed E-state index contributed by atoms with van der Waals surface area (Å²) in [5.41, 5.74) is 3.99. The number of benzene rings is 1. The number of aromatic nitrogens is 3. The number of imidazole rings is 1. The van der Waals surface area contributed by atoms with Crippen LogP contribution in [0.25, 0.3) is 17.1 Å². The van der Waals surface area contributed by atoms with Gasteiger partial charge in [-0.15, -0.1) is 0 Å². The molecule has 0 N–H and O–H groups in total. The zero-order valence-corrected chi connectivity index (χ0v) is 17.0. The number of nitrogens with zero attached hydrogens (tertiary/aromatic N) is 4. The monoisotopic (exact) mass is 394 g/mol. The number of Topliss-reactive ketones (excluding diaryl/α,β-unsaturated/α-hetero) is 1. The summed E-state index contributed by atoms with van der Waals surface area (Å²) in [6.07, 6.45) is 7.16. The van der Waals surface area contributed by atoms with Gasteiger partial charge in [0.2, 0.25) is 0 Å². The molecular weight excluding hydrogens is 372 g/mol. The molecule has 0 saturated carbocycles. The van der Waals surface area contributed by atoms with Gasteiger partial charge in [0.1, 0.15) is 11.9 Å². The lowest BCUT2D eigenvalue weighted by molar-refractivity contribution is -0.121. The van der Waals surface area contributed by atoms with Gasteiger partial charge >= 0.3 is 0 Å². The van der Waals surface area contributed by atoms with E-state index in [-0.39, 0.29) is 23.2 Å². The van der Waals surface area contributed by atoms with Crippen molar-refractivity contribution >= 4 is 5.78 Å². The van der Waals surface area contributed by atoms with Crippen molar-refractivity contribution < 1.29 is 4.79 Å². The van der Waals surface area contributed by atoms with Crippen molar-refractivity contribution in [2.75, 3.05) is 0 Å². The topological polar surface area (TPSA) is 71.6 Å². The van der Waals surface area contributed by atoms with Crippen LogP contribution in [0.15, 0.2) is 66.5 Å². The van der Waals surface area contributed by atoms with E-state index in [0.29, 0.717) is 0 Å². The highest BCUT2D eigenvalue weighted by Crippen LogP contribution is 2.50. The number of pyridine rings is 1. The van der Waals surface area contributed by atoms with Crippen molar-refractivity contribution in [1.29, 1.82) is 5.26 Å². The van der Waals surface area contributed by atoms with Gasteiger partial charge in [0.15, 0.2) is 5.78 Å². The van der Waals surface area contributed by atoms with Crippen LogP contribution >= 0.6 is 0 Å². The number of hydrogen-bond acceptors (Lipinski definition) is 4. The fraction of sp³-hybridized carbons (Fsp3) is 0.280. The maximum atomic E-state index is 12.7. The van der Waals surface area contributed by atoms with Crippen LogP contribution in [0.2, 0.25) is 0 Å². The Balaban J connectivity index is 1.80. The Morgan fingerprint density at radius 2 is 1.90 bits per heavy atom. The molecule has 2 aliphatic rings. The minimum absolute atomic E-state index is 0.0414. The third kappa shape index (κ3) is 2.57. The maximum Gasteiger partial charge on any atom is 0.176 e. The average molecular weight is 394 g/mol. The normalized spacial score (nSPS) is 25.1. The summed E-state index contributed by atoms with van der Waals surface area (Å²) in [5, 5.41) is 9.58. The van der Waals surface area contributed by atoms with Gasteiger partial charge < -0.3 is 0 Å². The molecule has 0 spiro atoms. The summed E-state index contributed by atoms with van der Waals surface area (Å²) in [6.45, 7) is 4.09. The highest BCUT2D eigenvalue weighted by atomic mass is 16.1. The molecule has 3 atom stereocenters. The molecule has 0 bridgehead atoms. The highest BCUT2D eigenvalue weighted by molar-refractivity contribution is 6.02. The molecule has 5 rings (SSSR count). The summed E-state index contributed by atoms with van der Waals surface area (Å²) < 4.78 is 2.23. The minimum atomic E-state index is -0.451. The van der Waals surface area contributed by atoms with Crippen LogP contribution in [0.4, 0.5) is 0 Å². The Morgan fingerprint density at radius 3 is 2.60 bits per heavy atom. The fourth-order valence-electron chi connectivity index (χ4n) is 5.26. The van der Waals surface area contributed by atoms with E-state index in [2.05, 4.69) is 34.7 Å². The van der Waals surface area contributed by atoms with E-state index in [1.165, 1.54) is 0 Å². The second-order valence-corrected chi connectivity index (χ2v) is 8.39. The summed E-state index contributed by atoms with van der Waals surface area (Å²) in [7, 11) is 0. The van der Waals surface area contributed by atoms with Gasteiger partial charge in [-0.1, -0.05) is 38.1 Å². The number of carbonyl (C=O) groups is 1. The minimum Gasteiger partial charge on any atom is -0.296 e. The van der Waals surface area contributed by atoms with Gasteiger partial charge in [-0.25, -0.2) is 4.98 Å². The SMILES string of the molecule is C[C@H]1C(=O)C(C#N)=C[C@@]2(C)c3nc(-c4ccncc4)n(-c4ccccc4)c3CC[C@H]12. The van der Waals surface area contributed by atoms with Gasteiger partial charge in [-0.05, 0) is 43.0 Å². The number of para-hydroxylation sites is 1. The van der Waals surface area contributed by atoms with Crippen LogP contribution < -0.4 is 0 Å². The first-order chi connectivity index (χ1) is 14.5. The molecule has 148 valence electrons. The standard InChI is InChI=1S/C25H22N4O/c1-16-20-8-9-21-23(25(20,2)14-18(15-26)22(16)30)28-24(17-10-12-27-13-11-17)29(21)19-6-4-3-5-7-19/h3-7,10-14,16,20H,8-9H2,1-2H3/t16-,20-,25-/m1/s1. The zero-order chi connectivity index (χ0) is 20.9. The third-order valence-electron chi connectivity index (χ3n) is 6.75. The summed E-state index contributed by atoms with van der Waals surface area (Å²) in [6, 6.07) is 16.3. The van der Waals surface area contributed by atoms with Crippen molar-refractivity contribution in [2.45, 2.75) is 32.1 Å². The predicted octanol–water partition coefficient (Wildman–Crippen LogP) is 4.42. The first kappa shape index (κ1) is 18.5. The van der Waals surface area contributed by atoms with Crippen molar-refractivity contribution in [1.82, 2.24) is 14.5 Å². The molecular formula is C25H22N4O. The second-order valence-electron chi connectivity index (χ2n) is 8.39. The van der Waals surface area contributed by atoms with Gasteiger partial charge in [0.25, 0.3) is 0 Å². The van der Waals surface area contributed by atoms with Crippen molar-refractivity contribution in [3.63, 3.8) is 0 Å². The summed E-state index contributed by atoms with van der Waals surface area (Å²) in [4.78, 5) is 22.0. The van der Waals surface area contributed by atoms with Crippen LogP contribution in [0.5, 0.6) is 0 Å². The molecule has 1 aromatic carbocycles. The number of fused-ring (bicyclic) bond motifs is 3. The van der Waals surface area contributed by atoms with Crippen molar-refractivity contribution in [3.8, 4) is 23.1 Å². The van der Waals surface area contributed by atoms with E-state index in [4.69, 9.17) is 4.98 Å². The summed E-state index contributed by atoms with van der Waals surface area (Å²) in [5.74, 6) is 0.778. The molecule has 3 aromatic rings. The van der Waals surface area contributed by atoms with Crippen LogP contribution in [0, 0.1) is 23.2 Å². The van der Waals surface area contributed by atoms with Crippen LogP contribution in [0.3, 0.4) is 0 Å².